The van der Waals surface area contributed by atoms with Crippen LogP contribution in [-0.2, 0) is 9.53 Å². The molecule has 1 aromatic rings. The van der Waals surface area contributed by atoms with E-state index >= 15 is 0 Å². The molecule has 0 heterocycles. The molecule has 0 fully saturated rings. The van der Waals surface area contributed by atoms with Crippen molar-refractivity contribution in [2.45, 2.75) is 45.4 Å². The zero-order valence-electron chi connectivity index (χ0n) is 12.3. The lowest BCUT2D eigenvalue weighted by atomic mass is 10.1. The Morgan fingerprint density at radius 3 is 2.40 bits per heavy atom. The smallest absolute Gasteiger partial charge is 0.373 e. The van der Waals surface area contributed by atoms with E-state index < -0.39 is 5.97 Å². The SMILES string of the molecule is C=C(Oc1ccccc1)C(=O)OCCCCCCCC. The van der Waals surface area contributed by atoms with Gasteiger partial charge in [0, 0.05) is 0 Å². The Bertz CT molecular complexity index is 398. The van der Waals surface area contributed by atoms with Crippen LogP contribution in [0.4, 0.5) is 0 Å². The summed E-state index contributed by atoms with van der Waals surface area (Å²) in [5, 5.41) is 0. The average Bonchev–Trinajstić information content (AvgIpc) is 2.47. The van der Waals surface area contributed by atoms with Crippen LogP contribution in [0, 0.1) is 0 Å². The van der Waals surface area contributed by atoms with Gasteiger partial charge in [0.2, 0.25) is 5.76 Å². The van der Waals surface area contributed by atoms with Crippen molar-refractivity contribution in [3.63, 3.8) is 0 Å². The number of benzene rings is 1. The number of rotatable bonds is 10. The molecular weight excluding hydrogens is 252 g/mol. The molecule has 0 saturated carbocycles. The third-order valence-electron chi connectivity index (χ3n) is 2.94. The molecular formula is C17H24O3. The van der Waals surface area contributed by atoms with E-state index in [-0.39, 0.29) is 5.76 Å². The summed E-state index contributed by atoms with van der Waals surface area (Å²) in [6.07, 6.45) is 6.97. The van der Waals surface area contributed by atoms with E-state index in [2.05, 4.69) is 13.5 Å². The number of ether oxygens (including phenoxy) is 2. The number of carbonyl (C=O) groups excluding carboxylic acids is 1. The van der Waals surface area contributed by atoms with Gasteiger partial charge in [0.1, 0.15) is 5.75 Å². The van der Waals surface area contributed by atoms with E-state index in [1.807, 2.05) is 18.2 Å². The molecule has 0 N–H and O–H groups in total. The molecule has 0 aliphatic heterocycles. The van der Waals surface area contributed by atoms with Crippen LogP contribution in [0.5, 0.6) is 5.75 Å². The van der Waals surface area contributed by atoms with E-state index in [0.29, 0.717) is 12.4 Å². The second-order valence-electron chi connectivity index (χ2n) is 4.74. The van der Waals surface area contributed by atoms with Crippen molar-refractivity contribution in [3.05, 3.63) is 42.7 Å². The van der Waals surface area contributed by atoms with E-state index in [4.69, 9.17) is 9.47 Å². The maximum absolute atomic E-state index is 11.6. The van der Waals surface area contributed by atoms with Gasteiger partial charge in [-0.15, -0.1) is 0 Å². The molecule has 1 aromatic carbocycles. The van der Waals surface area contributed by atoms with E-state index in [1.165, 1.54) is 25.7 Å². The number of para-hydroxylation sites is 1. The van der Waals surface area contributed by atoms with Gasteiger partial charge in [-0.25, -0.2) is 4.79 Å². The fourth-order valence-corrected chi connectivity index (χ4v) is 1.80. The average molecular weight is 276 g/mol. The first-order chi connectivity index (χ1) is 9.74. The van der Waals surface area contributed by atoms with Crippen molar-refractivity contribution < 1.29 is 14.3 Å². The molecule has 0 spiro atoms. The maximum Gasteiger partial charge on any atom is 0.373 e. The van der Waals surface area contributed by atoms with Crippen LogP contribution < -0.4 is 4.74 Å². The monoisotopic (exact) mass is 276 g/mol. The zero-order valence-corrected chi connectivity index (χ0v) is 12.3. The molecule has 110 valence electrons. The van der Waals surface area contributed by atoms with Crippen LogP contribution in [-0.4, -0.2) is 12.6 Å². The van der Waals surface area contributed by atoms with Gasteiger partial charge in [0.25, 0.3) is 0 Å². The number of carbonyl (C=O) groups is 1. The van der Waals surface area contributed by atoms with Gasteiger partial charge in [-0.2, -0.15) is 0 Å². The van der Waals surface area contributed by atoms with Crippen molar-refractivity contribution in [2.75, 3.05) is 6.61 Å². The van der Waals surface area contributed by atoms with Gasteiger partial charge < -0.3 is 9.47 Å². The molecule has 0 bridgehead atoms. The highest BCUT2D eigenvalue weighted by atomic mass is 16.6. The van der Waals surface area contributed by atoms with E-state index in [0.717, 1.165) is 12.8 Å². The largest absolute Gasteiger partial charge is 0.460 e. The standard InChI is InChI=1S/C17H24O3/c1-3-4-5-6-7-11-14-19-17(18)15(2)20-16-12-9-8-10-13-16/h8-10,12-13H,2-7,11,14H2,1H3. The van der Waals surface area contributed by atoms with Crippen LogP contribution in [0.3, 0.4) is 0 Å². The summed E-state index contributed by atoms with van der Waals surface area (Å²) in [6.45, 7) is 6.22. The molecule has 0 aliphatic rings. The number of hydrogen-bond acceptors (Lipinski definition) is 3. The Hall–Kier alpha value is -1.77. The maximum atomic E-state index is 11.6. The van der Waals surface area contributed by atoms with Gasteiger partial charge in [-0.05, 0) is 25.1 Å². The fraction of sp³-hybridized carbons (Fsp3) is 0.471. The quantitative estimate of drug-likeness (QED) is 0.273. The first-order valence-corrected chi connectivity index (χ1v) is 7.33. The van der Waals surface area contributed by atoms with Gasteiger partial charge in [-0.3, -0.25) is 0 Å². The van der Waals surface area contributed by atoms with Crippen LogP contribution in [0.1, 0.15) is 45.4 Å². The highest BCUT2D eigenvalue weighted by Crippen LogP contribution is 2.12. The minimum Gasteiger partial charge on any atom is -0.460 e. The van der Waals surface area contributed by atoms with Crippen molar-refractivity contribution in [3.8, 4) is 5.75 Å². The summed E-state index contributed by atoms with van der Waals surface area (Å²) in [6, 6.07) is 9.10. The molecule has 20 heavy (non-hydrogen) atoms. The van der Waals surface area contributed by atoms with Gasteiger partial charge in [0.15, 0.2) is 0 Å². The first kappa shape index (κ1) is 16.3. The first-order valence-electron chi connectivity index (χ1n) is 7.33. The minimum absolute atomic E-state index is 0.0298. The molecule has 3 heteroatoms. The Kier molecular flexibility index (Phi) is 8.20. The second kappa shape index (κ2) is 10.1. The highest BCUT2D eigenvalue weighted by molar-refractivity contribution is 5.86. The molecule has 0 aromatic heterocycles. The summed E-state index contributed by atoms with van der Waals surface area (Å²) >= 11 is 0. The molecule has 0 saturated heterocycles. The molecule has 1 rings (SSSR count). The third-order valence-corrected chi connectivity index (χ3v) is 2.94. The summed E-state index contributed by atoms with van der Waals surface area (Å²) in [4.78, 5) is 11.6. The summed E-state index contributed by atoms with van der Waals surface area (Å²) in [5.41, 5.74) is 0. The van der Waals surface area contributed by atoms with Crippen molar-refractivity contribution in [2.24, 2.45) is 0 Å². The van der Waals surface area contributed by atoms with Crippen molar-refractivity contribution in [1.82, 2.24) is 0 Å². The fourth-order valence-electron chi connectivity index (χ4n) is 1.80. The van der Waals surface area contributed by atoms with Crippen LogP contribution >= 0.6 is 0 Å². The Balaban J connectivity index is 2.11. The predicted molar refractivity (Wildman–Crippen MR) is 80.5 cm³/mol. The summed E-state index contributed by atoms with van der Waals surface area (Å²) in [7, 11) is 0. The normalized spacial score (nSPS) is 10.1. The number of hydrogen-bond donors (Lipinski definition) is 0. The number of unbranched alkanes of at least 4 members (excludes halogenated alkanes) is 5. The van der Waals surface area contributed by atoms with Gasteiger partial charge in [0.05, 0.1) is 6.61 Å². The lowest BCUT2D eigenvalue weighted by molar-refractivity contribution is -0.141. The molecule has 0 aliphatic carbocycles. The topological polar surface area (TPSA) is 35.5 Å². The Morgan fingerprint density at radius 2 is 1.70 bits per heavy atom. The van der Waals surface area contributed by atoms with Crippen LogP contribution in [0.15, 0.2) is 42.7 Å². The van der Waals surface area contributed by atoms with Crippen molar-refractivity contribution >= 4 is 5.97 Å². The van der Waals surface area contributed by atoms with Crippen molar-refractivity contribution in [1.29, 1.82) is 0 Å². The molecule has 3 nitrogen and oxygen atoms in total. The molecule has 0 atom stereocenters. The molecule has 0 radical (unpaired) electrons. The Labute approximate surface area is 121 Å². The van der Waals surface area contributed by atoms with Gasteiger partial charge >= 0.3 is 5.97 Å². The number of esters is 1. The zero-order chi connectivity index (χ0) is 14.6. The van der Waals surface area contributed by atoms with Crippen LogP contribution in [0.25, 0.3) is 0 Å². The third kappa shape index (κ3) is 6.98. The Morgan fingerprint density at radius 1 is 1.05 bits per heavy atom. The predicted octanol–water partition coefficient (Wildman–Crippen LogP) is 4.48. The van der Waals surface area contributed by atoms with E-state index in [9.17, 15) is 4.79 Å². The lowest BCUT2D eigenvalue weighted by Crippen LogP contribution is -2.12. The minimum atomic E-state index is -0.484. The molecule has 0 amide bonds. The lowest BCUT2D eigenvalue weighted by Gasteiger charge is -2.08. The summed E-state index contributed by atoms with van der Waals surface area (Å²) in [5.74, 6) is 0.138. The van der Waals surface area contributed by atoms with E-state index in [1.54, 1.807) is 12.1 Å². The van der Waals surface area contributed by atoms with Crippen LogP contribution in [0.2, 0.25) is 0 Å². The van der Waals surface area contributed by atoms with Gasteiger partial charge in [-0.1, -0.05) is 57.2 Å². The molecule has 0 unspecified atom stereocenters. The second-order valence-corrected chi connectivity index (χ2v) is 4.74. The highest BCUT2D eigenvalue weighted by Gasteiger charge is 2.10. The summed E-state index contributed by atoms with van der Waals surface area (Å²) < 4.78 is 10.4.